The molecule has 0 spiro atoms. The van der Waals surface area contributed by atoms with Crippen molar-refractivity contribution in [3.8, 4) is 11.5 Å². The van der Waals surface area contributed by atoms with Crippen LogP contribution >= 0.6 is 0 Å². The summed E-state index contributed by atoms with van der Waals surface area (Å²) in [6, 6.07) is 14.1. The number of nitrogens with one attached hydrogen (secondary N) is 1. The van der Waals surface area contributed by atoms with Gasteiger partial charge in [0.1, 0.15) is 19.3 Å². The number of benzene rings is 2. The maximum Gasteiger partial charge on any atom is 0.326 e. The quantitative estimate of drug-likeness (QED) is 0.819. The van der Waals surface area contributed by atoms with Crippen LogP contribution in [0.25, 0.3) is 0 Å². The zero-order chi connectivity index (χ0) is 18.8. The Morgan fingerprint density at radius 3 is 2.56 bits per heavy atom. The zero-order valence-corrected chi connectivity index (χ0v) is 14.8. The Morgan fingerprint density at radius 1 is 1.07 bits per heavy atom. The highest BCUT2D eigenvalue weighted by Gasteiger charge is 2.45. The molecule has 0 aromatic heterocycles. The van der Waals surface area contributed by atoms with Gasteiger partial charge in [0.2, 0.25) is 5.91 Å². The molecular formula is C21H21NO5. The molecule has 2 aliphatic rings. The van der Waals surface area contributed by atoms with Crippen LogP contribution in [0.2, 0.25) is 0 Å². The highest BCUT2D eigenvalue weighted by atomic mass is 16.6. The summed E-state index contributed by atoms with van der Waals surface area (Å²) in [5, 5.41) is 12.2. The topological polar surface area (TPSA) is 84.9 Å². The van der Waals surface area contributed by atoms with Gasteiger partial charge in [-0.2, -0.15) is 0 Å². The maximum absolute atomic E-state index is 12.6. The van der Waals surface area contributed by atoms with Crippen LogP contribution in [-0.4, -0.2) is 36.2 Å². The second kappa shape index (κ2) is 7.31. The molecule has 0 bridgehead atoms. The van der Waals surface area contributed by atoms with Crippen molar-refractivity contribution < 1.29 is 24.2 Å². The SMILES string of the molecule is O=C(N[C@H](Cc1ccccc1)C(=O)O)C1CC1c1ccc2c(c1)OCCO2. The smallest absolute Gasteiger partial charge is 0.326 e. The van der Waals surface area contributed by atoms with Gasteiger partial charge in [0.05, 0.1) is 0 Å². The fourth-order valence-electron chi connectivity index (χ4n) is 3.47. The van der Waals surface area contributed by atoms with E-state index in [4.69, 9.17) is 9.47 Å². The first-order valence-corrected chi connectivity index (χ1v) is 9.08. The molecule has 1 aliphatic heterocycles. The first-order valence-electron chi connectivity index (χ1n) is 9.08. The molecule has 1 fully saturated rings. The minimum atomic E-state index is -1.02. The van der Waals surface area contributed by atoms with Crippen LogP contribution in [0.15, 0.2) is 48.5 Å². The largest absolute Gasteiger partial charge is 0.486 e. The highest BCUT2D eigenvalue weighted by Crippen LogP contribution is 2.49. The van der Waals surface area contributed by atoms with Gasteiger partial charge >= 0.3 is 5.97 Å². The van der Waals surface area contributed by atoms with Crippen LogP contribution in [0.3, 0.4) is 0 Å². The number of carboxylic acids is 1. The number of carboxylic acid groups (broad SMARTS) is 1. The van der Waals surface area contributed by atoms with Crippen molar-refractivity contribution in [2.75, 3.05) is 13.2 Å². The number of amides is 1. The van der Waals surface area contributed by atoms with Crippen molar-refractivity contribution in [3.63, 3.8) is 0 Å². The molecule has 1 saturated carbocycles. The molecule has 1 heterocycles. The summed E-state index contributed by atoms with van der Waals surface area (Å²) in [7, 11) is 0. The Kier molecular flexibility index (Phi) is 4.71. The lowest BCUT2D eigenvalue weighted by molar-refractivity contribution is -0.142. The molecule has 2 aromatic carbocycles. The molecule has 2 aromatic rings. The van der Waals surface area contributed by atoms with Crippen LogP contribution in [0.1, 0.15) is 23.5 Å². The second-order valence-corrected chi connectivity index (χ2v) is 6.94. The van der Waals surface area contributed by atoms with E-state index in [1.54, 1.807) is 0 Å². The predicted octanol–water partition coefficient (Wildman–Crippen LogP) is 2.37. The third kappa shape index (κ3) is 3.89. The Balaban J connectivity index is 1.39. The average Bonchev–Trinajstić information content (AvgIpc) is 3.49. The van der Waals surface area contributed by atoms with Crippen LogP contribution in [0.5, 0.6) is 11.5 Å². The lowest BCUT2D eigenvalue weighted by Gasteiger charge is -2.19. The molecule has 1 aliphatic carbocycles. The van der Waals surface area contributed by atoms with Gasteiger partial charge < -0.3 is 19.9 Å². The monoisotopic (exact) mass is 367 g/mol. The van der Waals surface area contributed by atoms with Crippen molar-refractivity contribution in [2.45, 2.75) is 24.8 Å². The first kappa shape index (κ1) is 17.4. The molecule has 140 valence electrons. The molecule has 6 heteroatoms. The first-order chi connectivity index (χ1) is 13.1. The van der Waals surface area contributed by atoms with Gasteiger partial charge in [0, 0.05) is 12.3 Å². The average molecular weight is 367 g/mol. The second-order valence-electron chi connectivity index (χ2n) is 6.94. The minimum absolute atomic E-state index is 0.0898. The normalized spacial score (nSPS) is 21.2. The van der Waals surface area contributed by atoms with Gasteiger partial charge in [-0.25, -0.2) is 4.79 Å². The number of fused-ring (bicyclic) bond motifs is 1. The lowest BCUT2D eigenvalue weighted by atomic mass is 10.0. The van der Waals surface area contributed by atoms with Gasteiger partial charge in [0.25, 0.3) is 0 Å². The van der Waals surface area contributed by atoms with E-state index in [0.29, 0.717) is 25.4 Å². The minimum Gasteiger partial charge on any atom is -0.486 e. The number of ether oxygens (including phenoxy) is 2. The van der Waals surface area contributed by atoms with Gasteiger partial charge in [-0.05, 0) is 35.6 Å². The molecule has 4 rings (SSSR count). The summed E-state index contributed by atoms with van der Waals surface area (Å²) < 4.78 is 11.1. The number of carbonyl (C=O) groups excluding carboxylic acids is 1. The highest BCUT2D eigenvalue weighted by molar-refractivity contribution is 5.87. The summed E-state index contributed by atoms with van der Waals surface area (Å²) >= 11 is 0. The van der Waals surface area contributed by atoms with Crippen molar-refractivity contribution in [1.82, 2.24) is 5.32 Å². The van der Waals surface area contributed by atoms with Crippen molar-refractivity contribution in [3.05, 3.63) is 59.7 Å². The summed E-state index contributed by atoms with van der Waals surface area (Å²) in [6.07, 6.45) is 0.979. The van der Waals surface area contributed by atoms with E-state index >= 15 is 0 Å². The summed E-state index contributed by atoms with van der Waals surface area (Å²) in [5.74, 6) is 0.0804. The number of aliphatic carboxylic acids is 1. The van der Waals surface area contributed by atoms with Crippen molar-refractivity contribution in [2.24, 2.45) is 5.92 Å². The van der Waals surface area contributed by atoms with Crippen molar-refractivity contribution >= 4 is 11.9 Å². The summed E-state index contributed by atoms with van der Waals surface area (Å²) in [4.78, 5) is 24.1. The lowest BCUT2D eigenvalue weighted by Crippen LogP contribution is -2.43. The van der Waals surface area contributed by atoms with Crippen LogP contribution in [0.4, 0.5) is 0 Å². The number of rotatable bonds is 6. The maximum atomic E-state index is 12.6. The van der Waals surface area contributed by atoms with Gasteiger partial charge in [-0.3, -0.25) is 4.79 Å². The fourth-order valence-corrected chi connectivity index (χ4v) is 3.47. The van der Waals surface area contributed by atoms with Gasteiger partial charge in [0.15, 0.2) is 11.5 Å². The zero-order valence-electron chi connectivity index (χ0n) is 14.8. The third-order valence-corrected chi connectivity index (χ3v) is 5.02. The van der Waals surface area contributed by atoms with Crippen LogP contribution in [-0.2, 0) is 16.0 Å². The molecule has 0 saturated heterocycles. The molecule has 3 atom stereocenters. The Hall–Kier alpha value is -3.02. The standard InChI is InChI=1S/C21H21NO5/c23-20(22-17(21(24)25)10-13-4-2-1-3-5-13)16-12-15(16)14-6-7-18-19(11-14)27-9-8-26-18/h1-7,11,15-17H,8-10,12H2,(H,22,23)(H,24,25)/t15?,16?,17-/m1/s1. The molecule has 0 radical (unpaired) electrons. The Morgan fingerprint density at radius 2 is 1.81 bits per heavy atom. The molecule has 2 unspecified atom stereocenters. The predicted molar refractivity (Wildman–Crippen MR) is 98.0 cm³/mol. The molecule has 2 N–H and O–H groups in total. The van der Waals surface area contributed by atoms with Crippen LogP contribution < -0.4 is 14.8 Å². The van der Waals surface area contributed by atoms with E-state index in [2.05, 4.69) is 5.32 Å². The van der Waals surface area contributed by atoms with E-state index in [9.17, 15) is 14.7 Å². The van der Waals surface area contributed by atoms with E-state index in [1.165, 1.54) is 0 Å². The molecule has 27 heavy (non-hydrogen) atoms. The van der Waals surface area contributed by atoms with Crippen molar-refractivity contribution in [1.29, 1.82) is 0 Å². The van der Waals surface area contributed by atoms with E-state index in [-0.39, 0.29) is 24.2 Å². The Labute approximate surface area is 157 Å². The van der Waals surface area contributed by atoms with E-state index < -0.39 is 12.0 Å². The molecular weight excluding hydrogens is 346 g/mol. The molecule has 6 nitrogen and oxygen atoms in total. The third-order valence-electron chi connectivity index (χ3n) is 5.02. The number of carbonyl (C=O) groups is 2. The van der Waals surface area contributed by atoms with Crippen LogP contribution in [0, 0.1) is 5.92 Å². The Bertz CT molecular complexity index is 851. The summed E-state index contributed by atoms with van der Waals surface area (Å²) in [6.45, 7) is 1.06. The summed E-state index contributed by atoms with van der Waals surface area (Å²) in [5.41, 5.74) is 1.90. The number of hydrogen-bond acceptors (Lipinski definition) is 4. The molecule has 1 amide bonds. The number of hydrogen-bond donors (Lipinski definition) is 2. The van der Waals surface area contributed by atoms with Gasteiger partial charge in [-0.1, -0.05) is 36.4 Å². The fraction of sp³-hybridized carbons (Fsp3) is 0.333. The van der Waals surface area contributed by atoms with Gasteiger partial charge in [-0.15, -0.1) is 0 Å². The van der Waals surface area contributed by atoms with E-state index in [1.807, 2.05) is 48.5 Å². The van der Waals surface area contributed by atoms with E-state index in [0.717, 1.165) is 16.9 Å².